The Kier molecular flexibility index (Phi) is 4.61. The highest BCUT2D eigenvalue weighted by molar-refractivity contribution is 7.12. The Labute approximate surface area is 125 Å². The zero-order valence-corrected chi connectivity index (χ0v) is 12.2. The molecular weight excluding hydrogens is 296 g/mol. The molecule has 0 aliphatic heterocycles. The van der Waals surface area contributed by atoms with Crippen LogP contribution in [0.25, 0.3) is 0 Å². The maximum absolute atomic E-state index is 12.1. The molecular formula is C14H11ClN2O2S. The quantitative estimate of drug-likeness (QED) is 0.941. The molecule has 0 saturated carbocycles. The number of hydrogen-bond acceptors (Lipinski definition) is 4. The number of rotatable bonds is 4. The number of carbonyl (C=O) groups is 1. The van der Waals surface area contributed by atoms with Crippen molar-refractivity contribution >= 4 is 28.8 Å². The molecule has 1 aromatic heterocycles. The zero-order valence-electron chi connectivity index (χ0n) is 10.6. The van der Waals surface area contributed by atoms with Gasteiger partial charge in [-0.15, -0.1) is 11.3 Å². The van der Waals surface area contributed by atoms with E-state index in [1.165, 1.54) is 18.4 Å². The molecule has 4 nitrogen and oxygen atoms in total. The van der Waals surface area contributed by atoms with E-state index in [9.17, 15) is 10.1 Å². The van der Waals surface area contributed by atoms with Gasteiger partial charge in [-0.1, -0.05) is 23.7 Å². The van der Waals surface area contributed by atoms with E-state index in [4.69, 9.17) is 16.3 Å². The number of nitrogens with one attached hydrogen (secondary N) is 1. The standard InChI is InChI=1S/C14H11ClN2O2S/c1-19-12-6-7-20-13(12)14(18)17-11(8-16)9-2-4-10(15)5-3-9/h2-7,11H,1H3,(H,17,18). The van der Waals surface area contributed by atoms with Crippen LogP contribution in [0.15, 0.2) is 35.7 Å². The van der Waals surface area contributed by atoms with Crippen molar-refractivity contribution in [3.8, 4) is 11.8 Å². The van der Waals surface area contributed by atoms with E-state index in [-0.39, 0.29) is 5.91 Å². The molecule has 102 valence electrons. The number of thiophene rings is 1. The fourth-order valence-corrected chi connectivity index (χ4v) is 2.55. The molecule has 0 aliphatic rings. The van der Waals surface area contributed by atoms with Gasteiger partial charge >= 0.3 is 0 Å². The highest BCUT2D eigenvalue weighted by Crippen LogP contribution is 2.25. The number of hydrogen-bond donors (Lipinski definition) is 1. The van der Waals surface area contributed by atoms with Gasteiger partial charge in [-0.3, -0.25) is 4.79 Å². The minimum absolute atomic E-state index is 0.335. The number of benzene rings is 1. The van der Waals surface area contributed by atoms with Gasteiger partial charge in [0.25, 0.3) is 5.91 Å². The lowest BCUT2D eigenvalue weighted by molar-refractivity contribution is 0.0946. The van der Waals surface area contributed by atoms with Crippen molar-refractivity contribution in [3.05, 3.63) is 51.2 Å². The Morgan fingerprint density at radius 2 is 2.10 bits per heavy atom. The van der Waals surface area contributed by atoms with Crippen LogP contribution in [-0.2, 0) is 0 Å². The topological polar surface area (TPSA) is 62.1 Å². The van der Waals surface area contributed by atoms with Crippen molar-refractivity contribution in [1.29, 1.82) is 5.26 Å². The van der Waals surface area contributed by atoms with Crippen LogP contribution in [0.5, 0.6) is 5.75 Å². The van der Waals surface area contributed by atoms with Crippen LogP contribution in [0.2, 0.25) is 5.02 Å². The van der Waals surface area contributed by atoms with Crippen LogP contribution >= 0.6 is 22.9 Å². The smallest absolute Gasteiger partial charge is 0.266 e. The number of carbonyl (C=O) groups excluding carboxylic acids is 1. The van der Waals surface area contributed by atoms with Crippen molar-refractivity contribution in [1.82, 2.24) is 5.32 Å². The van der Waals surface area contributed by atoms with Gasteiger partial charge in [-0.2, -0.15) is 5.26 Å². The highest BCUT2D eigenvalue weighted by atomic mass is 35.5. The summed E-state index contributed by atoms with van der Waals surface area (Å²) in [4.78, 5) is 12.6. The lowest BCUT2D eigenvalue weighted by atomic mass is 10.1. The molecule has 1 amide bonds. The van der Waals surface area contributed by atoms with E-state index >= 15 is 0 Å². The second kappa shape index (κ2) is 6.42. The number of amides is 1. The first-order chi connectivity index (χ1) is 9.65. The number of halogens is 1. The van der Waals surface area contributed by atoms with E-state index in [1.807, 2.05) is 0 Å². The maximum atomic E-state index is 12.1. The summed E-state index contributed by atoms with van der Waals surface area (Å²) < 4.78 is 5.09. The lowest BCUT2D eigenvalue weighted by Gasteiger charge is -2.12. The third kappa shape index (κ3) is 3.10. The van der Waals surface area contributed by atoms with Gasteiger partial charge in [0.05, 0.1) is 13.2 Å². The van der Waals surface area contributed by atoms with Crippen LogP contribution < -0.4 is 10.1 Å². The lowest BCUT2D eigenvalue weighted by Crippen LogP contribution is -2.27. The predicted octanol–water partition coefficient (Wildman–Crippen LogP) is 3.40. The van der Waals surface area contributed by atoms with E-state index < -0.39 is 6.04 Å². The van der Waals surface area contributed by atoms with E-state index in [2.05, 4.69) is 11.4 Å². The van der Waals surface area contributed by atoms with Crippen LogP contribution in [0, 0.1) is 11.3 Å². The van der Waals surface area contributed by atoms with Crippen LogP contribution in [0.1, 0.15) is 21.3 Å². The van der Waals surface area contributed by atoms with Gasteiger partial charge in [0.15, 0.2) is 0 Å². The fraction of sp³-hybridized carbons (Fsp3) is 0.143. The Bertz CT molecular complexity index is 646. The summed E-state index contributed by atoms with van der Waals surface area (Å²) in [6.07, 6.45) is 0. The molecule has 0 radical (unpaired) electrons. The average molecular weight is 307 g/mol. The highest BCUT2D eigenvalue weighted by Gasteiger charge is 2.19. The number of nitriles is 1. The molecule has 0 aliphatic carbocycles. The van der Waals surface area contributed by atoms with Gasteiger partial charge in [-0.25, -0.2) is 0 Å². The summed E-state index contributed by atoms with van der Waals surface area (Å²) in [5.41, 5.74) is 0.681. The third-order valence-corrected chi connectivity index (χ3v) is 3.81. The van der Waals surface area contributed by atoms with Gasteiger partial charge in [0.1, 0.15) is 16.7 Å². The summed E-state index contributed by atoms with van der Waals surface area (Å²) in [5.74, 6) is 0.165. The van der Waals surface area contributed by atoms with Crippen molar-refractivity contribution in [2.45, 2.75) is 6.04 Å². The number of methoxy groups -OCH3 is 1. The normalized spacial score (nSPS) is 11.4. The van der Waals surface area contributed by atoms with E-state index in [1.54, 1.807) is 35.7 Å². The molecule has 0 fully saturated rings. The van der Waals surface area contributed by atoms with Crippen molar-refractivity contribution in [3.63, 3.8) is 0 Å². The maximum Gasteiger partial charge on any atom is 0.266 e. The van der Waals surface area contributed by atoms with E-state index in [0.717, 1.165) is 0 Å². The van der Waals surface area contributed by atoms with Crippen molar-refractivity contribution in [2.75, 3.05) is 7.11 Å². The molecule has 1 atom stereocenters. The third-order valence-electron chi connectivity index (χ3n) is 2.66. The molecule has 2 rings (SSSR count). The Morgan fingerprint density at radius 3 is 2.70 bits per heavy atom. The molecule has 0 saturated heterocycles. The molecule has 1 unspecified atom stereocenters. The summed E-state index contributed by atoms with van der Waals surface area (Å²) in [6, 6.07) is 9.82. The fourth-order valence-electron chi connectivity index (χ4n) is 1.67. The first-order valence-corrected chi connectivity index (χ1v) is 6.99. The monoisotopic (exact) mass is 306 g/mol. The zero-order chi connectivity index (χ0) is 14.5. The van der Waals surface area contributed by atoms with Gasteiger partial charge in [0, 0.05) is 5.02 Å². The largest absolute Gasteiger partial charge is 0.495 e. The van der Waals surface area contributed by atoms with Crippen LogP contribution in [0.3, 0.4) is 0 Å². The molecule has 1 heterocycles. The molecule has 1 aromatic carbocycles. The molecule has 1 N–H and O–H groups in total. The second-order valence-electron chi connectivity index (χ2n) is 3.91. The molecule has 0 spiro atoms. The predicted molar refractivity (Wildman–Crippen MR) is 78.1 cm³/mol. The second-order valence-corrected chi connectivity index (χ2v) is 5.26. The average Bonchev–Trinajstić information content (AvgIpc) is 2.94. The van der Waals surface area contributed by atoms with Gasteiger partial charge in [-0.05, 0) is 29.1 Å². The first-order valence-electron chi connectivity index (χ1n) is 5.73. The minimum Gasteiger partial charge on any atom is -0.495 e. The summed E-state index contributed by atoms with van der Waals surface area (Å²) in [6.45, 7) is 0. The Morgan fingerprint density at radius 1 is 1.40 bits per heavy atom. The van der Waals surface area contributed by atoms with Crippen molar-refractivity contribution in [2.24, 2.45) is 0 Å². The summed E-state index contributed by atoms with van der Waals surface area (Å²) in [7, 11) is 1.50. The van der Waals surface area contributed by atoms with E-state index in [0.29, 0.717) is 21.2 Å². The summed E-state index contributed by atoms with van der Waals surface area (Å²) in [5, 5.41) is 14.2. The minimum atomic E-state index is -0.730. The number of nitrogens with zero attached hydrogens (tertiary/aromatic N) is 1. The van der Waals surface area contributed by atoms with Crippen LogP contribution in [-0.4, -0.2) is 13.0 Å². The number of ether oxygens (including phenoxy) is 1. The Hall–Kier alpha value is -2.03. The SMILES string of the molecule is COc1ccsc1C(=O)NC(C#N)c1ccc(Cl)cc1. The first kappa shape index (κ1) is 14.4. The van der Waals surface area contributed by atoms with Gasteiger partial charge < -0.3 is 10.1 Å². The van der Waals surface area contributed by atoms with Crippen LogP contribution in [0.4, 0.5) is 0 Å². The molecule has 20 heavy (non-hydrogen) atoms. The molecule has 0 bridgehead atoms. The molecule has 2 aromatic rings. The summed E-state index contributed by atoms with van der Waals surface area (Å²) >= 11 is 7.07. The molecule has 6 heteroatoms. The van der Waals surface area contributed by atoms with Gasteiger partial charge in [0.2, 0.25) is 0 Å². The van der Waals surface area contributed by atoms with Crippen molar-refractivity contribution < 1.29 is 9.53 Å². The Balaban J connectivity index is 2.17.